The number of para-hydroxylation sites is 1. The lowest BCUT2D eigenvalue weighted by atomic mass is 9.94. The fraction of sp³-hybridized carbons (Fsp3) is 0.360. The van der Waals surface area contributed by atoms with Crippen molar-refractivity contribution in [3.8, 4) is 11.5 Å². The molecule has 2 amide bonds. The van der Waals surface area contributed by atoms with Gasteiger partial charge in [0.25, 0.3) is 11.8 Å². The molecule has 1 aromatic heterocycles. The summed E-state index contributed by atoms with van der Waals surface area (Å²) >= 11 is 0. The van der Waals surface area contributed by atoms with Crippen LogP contribution in [0.15, 0.2) is 40.9 Å². The maximum atomic E-state index is 14.0. The molecule has 1 saturated heterocycles. The molecule has 2 aromatic carbocycles. The van der Waals surface area contributed by atoms with Crippen molar-refractivity contribution in [1.29, 1.82) is 0 Å². The predicted octanol–water partition coefficient (Wildman–Crippen LogP) is 4.94. The highest BCUT2D eigenvalue weighted by molar-refractivity contribution is 5.98. The lowest BCUT2D eigenvalue weighted by Crippen LogP contribution is -2.41. The van der Waals surface area contributed by atoms with Crippen LogP contribution >= 0.6 is 0 Å². The molecule has 1 fully saturated rings. The molecule has 1 N–H and O–H groups in total. The summed E-state index contributed by atoms with van der Waals surface area (Å²) in [5.41, 5.74) is 1.94. The molecule has 0 spiro atoms. The average molecular weight is 469 g/mol. The molecule has 0 radical (unpaired) electrons. The Labute approximate surface area is 196 Å². The molecule has 34 heavy (non-hydrogen) atoms. The van der Waals surface area contributed by atoms with Gasteiger partial charge in [-0.15, -0.1) is 0 Å². The first-order valence-corrected chi connectivity index (χ1v) is 11.2. The molecule has 1 aliphatic heterocycles. The molecule has 0 unspecified atom stereocenters. The van der Waals surface area contributed by atoms with Crippen LogP contribution in [0, 0.1) is 24.5 Å². The summed E-state index contributed by atoms with van der Waals surface area (Å²) in [6.45, 7) is 6.42. The summed E-state index contributed by atoms with van der Waals surface area (Å²) in [5.74, 6) is -1.58. The van der Waals surface area contributed by atoms with E-state index in [9.17, 15) is 18.4 Å². The summed E-state index contributed by atoms with van der Waals surface area (Å²) in [6.07, 6.45) is 0.860. The second kappa shape index (κ2) is 9.70. The number of carbonyl (C=O) groups is 2. The van der Waals surface area contributed by atoms with Crippen molar-refractivity contribution in [2.45, 2.75) is 39.5 Å². The number of anilines is 1. The molecule has 0 atom stereocenters. The zero-order chi connectivity index (χ0) is 24.4. The third-order valence-electron chi connectivity index (χ3n) is 6.02. The van der Waals surface area contributed by atoms with Crippen LogP contribution in [-0.2, 0) is 4.79 Å². The Morgan fingerprint density at radius 1 is 1.15 bits per heavy atom. The number of amides is 2. The van der Waals surface area contributed by atoms with E-state index in [0.717, 1.165) is 17.7 Å². The zero-order valence-electron chi connectivity index (χ0n) is 19.3. The Balaban J connectivity index is 1.44. The van der Waals surface area contributed by atoms with E-state index in [1.54, 1.807) is 0 Å². The number of halogens is 2. The van der Waals surface area contributed by atoms with Crippen molar-refractivity contribution >= 4 is 17.5 Å². The average Bonchev–Trinajstić information content (AvgIpc) is 3.30. The van der Waals surface area contributed by atoms with E-state index in [-0.39, 0.29) is 23.3 Å². The third-order valence-corrected chi connectivity index (χ3v) is 6.02. The number of hydrogen-bond donors (Lipinski definition) is 1. The molecule has 3 aromatic rings. The van der Waals surface area contributed by atoms with E-state index in [4.69, 9.17) is 4.52 Å². The van der Waals surface area contributed by atoms with Crippen molar-refractivity contribution in [3.63, 3.8) is 0 Å². The van der Waals surface area contributed by atoms with Crippen molar-refractivity contribution < 1.29 is 22.9 Å². The zero-order valence-corrected chi connectivity index (χ0v) is 19.3. The van der Waals surface area contributed by atoms with Gasteiger partial charge in [0, 0.05) is 31.0 Å². The molecule has 2 heterocycles. The molecular weight excluding hydrogens is 442 g/mol. The minimum Gasteiger partial charge on any atom is -0.339 e. The van der Waals surface area contributed by atoms with E-state index < -0.39 is 17.5 Å². The highest BCUT2D eigenvalue weighted by Gasteiger charge is 2.30. The van der Waals surface area contributed by atoms with Crippen LogP contribution in [0.1, 0.15) is 54.4 Å². The fourth-order valence-corrected chi connectivity index (χ4v) is 3.99. The first-order chi connectivity index (χ1) is 16.2. The minimum atomic E-state index is -0.890. The van der Waals surface area contributed by atoms with Gasteiger partial charge < -0.3 is 14.7 Å². The Bertz CT molecular complexity index is 1220. The van der Waals surface area contributed by atoms with Gasteiger partial charge in [-0.05, 0) is 43.5 Å². The van der Waals surface area contributed by atoms with Crippen LogP contribution < -0.4 is 5.32 Å². The summed E-state index contributed by atoms with van der Waals surface area (Å²) in [5, 5.41) is 7.01. The molecule has 0 aliphatic carbocycles. The molecule has 4 rings (SSSR count). The number of nitrogens with one attached hydrogen (secondary N) is 1. The summed E-state index contributed by atoms with van der Waals surface area (Å²) in [6, 6.07) is 8.46. The number of aryl methyl sites for hydroxylation is 1. The van der Waals surface area contributed by atoms with Gasteiger partial charge >= 0.3 is 0 Å². The van der Waals surface area contributed by atoms with Crippen LogP contribution in [0.4, 0.5) is 14.5 Å². The second-order valence-electron chi connectivity index (χ2n) is 8.79. The molecule has 0 saturated carbocycles. The maximum Gasteiger partial charge on any atom is 0.260 e. The number of aromatic nitrogens is 2. The van der Waals surface area contributed by atoms with E-state index >= 15 is 0 Å². The Hall–Kier alpha value is -3.62. The van der Waals surface area contributed by atoms with E-state index in [1.165, 1.54) is 4.90 Å². The van der Waals surface area contributed by atoms with E-state index in [0.29, 0.717) is 55.0 Å². The molecule has 7 nitrogen and oxygen atoms in total. The number of rotatable bonds is 5. The first kappa shape index (κ1) is 23.5. The monoisotopic (exact) mass is 468 g/mol. The number of benzene rings is 2. The van der Waals surface area contributed by atoms with Gasteiger partial charge in [-0.25, -0.2) is 8.78 Å². The lowest BCUT2D eigenvalue weighted by Gasteiger charge is -2.31. The van der Waals surface area contributed by atoms with Crippen LogP contribution in [0.5, 0.6) is 0 Å². The topological polar surface area (TPSA) is 88.3 Å². The molecular formula is C25H26F2N4O3. The van der Waals surface area contributed by atoms with Gasteiger partial charge in [-0.1, -0.05) is 31.1 Å². The van der Waals surface area contributed by atoms with Crippen LogP contribution in [0.2, 0.25) is 0 Å². The number of likely N-dealkylation sites (tertiary alicyclic amines) is 1. The molecule has 9 heteroatoms. The Morgan fingerprint density at radius 2 is 1.88 bits per heavy atom. The van der Waals surface area contributed by atoms with Crippen molar-refractivity contribution in [3.05, 3.63) is 65.0 Å². The quantitative estimate of drug-likeness (QED) is 0.573. The Kier molecular flexibility index (Phi) is 6.72. The van der Waals surface area contributed by atoms with Gasteiger partial charge in [-0.3, -0.25) is 9.59 Å². The van der Waals surface area contributed by atoms with Gasteiger partial charge in [0.1, 0.15) is 11.6 Å². The van der Waals surface area contributed by atoms with Crippen LogP contribution in [0.25, 0.3) is 11.5 Å². The van der Waals surface area contributed by atoms with Gasteiger partial charge in [0.05, 0.1) is 16.8 Å². The van der Waals surface area contributed by atoms with Crippen molar-refractivity contribution in [2.24, 2.45) is 5.92 Å². The van der Waals surface area contributed by atoms with Crippen LogP contribution in [0.3, 0.4) is 0 Å². The third kappa shape index (κ3) is 4.83. The van der Waals surface area contributed by atoms with E-state index in [2.05, 4.69) is 15.5 Å². The molecule has 1 aliphatic rings. The predicted molar refractivity (Wildman–Crippen MR) is 122 cm³/mol. The highest BCUT2D eigenvalue weighted by atomic mass is 19.1. The van der Waals surface area contributed by atoms with Crippen molar-refractivity contribution in [2.75, 3.05) is 18.4 Å². The number of hydrogen-bond acceptors (Lipinski definition) is 5. The number of carbonyl (C=O) groups excluding carboxylic acids is 2. The first-order valence-electron chi connectivity index (χ1n) is 11.2. The largest absolute Gasteiger partial charge is 0.339 e. The SMILES string of the molecule is Cc1cccc(-c2nc(C(C)C)no2)c1NC(=O)C1CCN(C(=O)c2ccc(F)cc2F)CC1. The van der Waals surface area contributed by atoms with Gasteiger partial charge in [0.15, 0.2) is 5.82 Å². The molecule has 0 bridgehead atoms. The van der Waals surface area contributed by atoms with Gasteiger partial charge in [0.2, 0.25) is 5.91 Å². The fourth-order valence-electron chi connectivity index (χ4n) is 3.99. The smallest absolute Gasteiger partial charge is 0.260 e. The number of nitrogens with zero attached hydrogens (tertiary/aromatic N) is 3. The lowest BCUT2D eigenvalue weighted by molar-refractivity contribution is -0.121. The highest BCUT2D eigenvalue weighted by Crippen LogP contribution is 2.32. The maximum absolute atomic E-state index is 14.0. The summed E-state index contributed by atoms with van der Waals surface area (Å²) < 4.78 is 32.6. The Morgan fingerprint density at radius 3 is 2.53 bits per heavy atom. The van der Waals surface area contributed by atoms with Crippen molar-refractivity contribution in [1.82, 2.24) is 15.0 Å². The standard InChI is InChI=1S/C25H26F2N4O3/c1-14(2)22-29-24(34-30-22)19-6-4-5-15(3)21(19)28-23(32)16-9-11-31(12-10-16)25(33)18-8-7-17(26)13-20(18)27/h4-8,13-14,16H,9-12H2,1-3H3,(H,28,32). The molecule has 178 valence electrons. The normalized spacial score (nSPS) is 14.5. The summed E-state index contributed by atoms with van der Waals surface area (Å²) in [7, 11) is 0. The summed E-state index contributed by atoms with van der Waals surface area (Å²) in [4.78, 5) is 31.6. The second-order valence-corrected chi connectivity index (χ2v) is 8.79. The van der Waals surface area contributed by atoms with Gasteiger partial charge in [-0.2, -0.15) is 4.98 Å². The number of piperidine rings is 1. The minimum absolute atomic E-state index is 0.108. The van der Waals surface area contributed by atoms with Crippen LogP contribution in [-0.4, -0.2) is 39.9 Å². The van der Waals surface area contributed by atoms with E-state index in [1.807, 2.05) is 39.0 Å².